The monoisotopic (exact) mass is 334 g/mol. The van der Waals surface area contributed by atoms with E-state index in [1.165, 1.54) is 0 Å². The van der Waals surface area contributed by atoms with Crippen LogP contribution in [0.3, 0.4) is 0 Å². The number of allylic oxidation sites excluding steroid dienone is 1. The van der Waals surface area contributed by atoms with Crippen molar-refractivity contribution in [2.75, 3.05) is 0 Å². The Labute approximate surface area is 150 Å². The van der Waals surface area contributed by atoms with Crippen LogP contribution < -0.4 is 0 Å². The van der Waals surface area contributed by atoms with Gasteiger partial charge in [0.1, 0.15) is 0 Å². The van der Waals surface area contributed by atoms with E-state index in [-0.39, 0.29) is 6.61 Å². The first-order valence-corrected chi connectivity index (χ1v) is 8.69. The maximum Gasteiger partial charge on any atom is 0.0702 e. The SMILES string of the molecule is C=Cc1c(/C=C\C)ccnc1Cn1cc(CO)c2ccccc21.CC. The van der Waals surface area contributed by atoms with Crippen LogP contribution in [0.5, 0.6) is 0 Å². The van der Waals surface area contributed by atoms with Crippen molar-refractivity contribution in [3.05, 3.63) is 77.8 Å². The first-order valence-electron chi connectivity index (χ1n) is 8.69. The third kappa shape index (κ3) is 3.89. The van der Waals surface area contributed by atoms with Gasteiger partial charge in [-0.2, -0.15) is 0 Å². The van der Waals surface area contributed by atoms with Gasteiger partial charge in [-0.3, -0.25) is 4.98 Å². The second kappa shape index (κ2) is 9.00. The number of nitrogens with zero attached hydrogens (tertiary/aromatic N) is 2. The lowest BCUT2D eigenvalue weighted by Crippen LogP contribution is -2.04. The van der Waals surface area contributed by atoms with Crippen molar-refractivity contribution in [2.45, 2.75) is 33.9 Å². The molecule has 0 fully saturated rings. The number of para-hydroxylation sites is 1. The Bertz CT molecular complexity index is 875. The first-order chi connectivity index (χ1) is 12.3. The molecular formula is C22H26N2O. The standard InChI is InChI=1S/C20H20N2O.C2H6/c1-3-7-15-10-11-21-19(17(15)4-2)13-22-12-16(14-23)18-8-5-6-9-20(18)22;1-2/h3-12,23H,2,13-14H2,1H3;1-2H3/b7-3-;. The van der Waals surface area contributed by atoms with E-state index < -0.39 is 0 Å². The fraction of sp³-hybridized carbons (Fsp3) is 0.227. The minimum atomic E-state index is 0.0356. The highest BCUT2D eigenvalue weighted by molar-refractivity contribution is 5.84. The van der Waals surface area contributed by atoms with Gasteiger partial charge in [-0.1, -0.05) is 56.9 Å². The predicted molar refractivity (Wildman–Crippen MR) is 107 cm³/mol. The van der Waals surface area contributed by atoms with Gasteiger partial charge in [0.2, 0.25) is 0 Å². The summed E-state index contributed by atoms with van der Waals surface area (Å²) in [6, 6.07) is 10.1. The van der Waals surface area contributed by atoms with E-state index in [2.05, 4.69) is 28.3 Å². The number of hydrogen-bond donors (Lipinski definition) is 1. The average Bonchev–Trinajstić information content (AvgIpc) is 3.02. The molecule has 0 aliphatic rings. The quantitative estimate of drug-likeness (QED) is 0.689. The molecule has 25 heavy (non-hydrogen) atoms. The molecule has 0 amide bonds. The highest BCUT2D eigenvalue weighted by atomic mass is 16.3. The van der Waals surface area contributed by atoms with Crippen LogP contribution in [0.25, 0.3) is 23.1 Å². The van der Waals surface area contributed by atoms with Gasteiger partial charge in [-0.05, 0) is 24.6 Å². The van der Waals surface area contributed by atoms with Crippen LogP contribution in [0.4, 0.5) is 0 Å². The van der Waals surface area contributed by atoms with Crippen LogP contribution in [0.2, 0.25) is 0 Å². The average molecular weight is 334 g/mol. The van der Waals surface area contributed by atoms with Gasteiger partial charge in [0.15, 0.2) is 0 Å². The molecular weight excluding hydrogens is 308 g/mol. The van der Waals surface area contributed by atoms with Crippen molar-refractivity contribution in [3.63, 3.8) is 0 Å². The van der Waals surface area contributed by atoms with Gasteiger partial charge in [-0.15, -0.1) is 0 Å². The number of rotatable bonds is 5. The molecule has 3 rings (SSSR count). The second-order valence-corrected chi connectivity index (χ2v) is 5.42. The topological polar surface area (TPSA) is 38.0 Å². The molecule has 0 saturated carbocycles. The van der Waals surface area contributed by atoms with Gasteiger partial charge < -0.3 is 9.67 Å². The van der Waals surface area contributed by atoms with Crippen molar-refractivity contribution in [1.82, 2.24) is 9.55 Å². The van der Waals surface area contributed by atoms with E-state index in [1.54, 1.807) is 0 Å². The van der Waals surface area contributed by atoms with E-state index in [0.717, 1.165) is 33.3 Å². The highest BCUT2D eigenvalue weighted by Crippen LogP contribution is 2.24. The van der Waals surface area contributed by atoms with Gasteiger partial charge >= 0.3 is 0 Å². The molecule has 0 aliphatic carbocycles. The molecule has 1 aromatic carbocycles. The third-order valence-electron chi connectivity index (χ3n) is 4.02. The van der Waals surface area contributed by atoms with Gasteiger partial charge in [0.05, 0.1) is 18.8 Å². The normalized spacial score (nSPS) is 10.7. The van der Waals surface area contributed by atoms with Crippen molar-refractivity contribution < 1.29 is 5.11 Å². The third-order valence-corrected chi connectivity index (χ3v) is 4.02. The van der Waals surface area contributed by atoms with Crippen LogP contribution in [0.15, 0.2) is 55.4 Å². The minimum Gasteiger partial charge on any atom is -0.392 e. The summed E-state index contributed by atoms with van der Waals surface area (Å²) in [6.07, 6.45) is 9.77. The molecule has 2 aromatic heterocycles. The van der Waals surface area contributed by atoms with Crippen LogP contribution >= 0.6 is 0 Å². The van der Waals surface area contributed by atoms with Gasteiger partial charge in [0, 0.05) is 34.4 Å². The molecule has 0 spiro atoms. The van der Waals surface area contributed by atoms with Crippen LogP contribution in [0.1, 0.15) is 43.2 Å². The molecule has 3 heteroatoms. The number of aliphatic hydroxyl groups excluding tert-OH is 1. The summed E-state index contributed by atoms with van der Waals surface area (Å²) in [5, 5.41) is 10.7. The number of pyridine rings is 1. The Kier molecular flexibility index (Phi) is 6.72. The molecule has 0 atom stereocenters. The lowest BCUT2D eigenvalue weighted by molar-refractivity contribution is 0.283. The van der Waals surface area contributed by atoms with Crippen LogP contribution in [0, 0.1) is 0 Å². The zero-order valence-electron chi connectivity index (χ0n) is 15.2. The number of hydrogen-bond acceptors (Lipinski definition) is 2. The Morgan fingerprint density at radius 3 is 2.64 bits per heavy atom. The van der Waals surface area contributed by atoms with Crippen molar-refractivity contribution in [2.24, 2.45) is 0 Å². The molecule has 0 saturated heterocycles. The molecule has 0 unspecified atom stereocenters. The minimum absolute atomic E-state index is 0.0356. The van der Waals surface area contributed by atoms with E-state index in [9.17, 15) is 5.11 Å². The van der Waals surface area contributed by atoms with E-state index in [4.69, 9.17) is 0 Å². The number of fused-ring (bicyclic) bond motifs is 1. The smallest absolute Gasteiger partial charge is 0.0702 e. The molecule has 3 aromatic rings. The van der Waals surface area contributed by atoms with Crippen molar-refractivity contribution in [1.29, 1.82) is 0 Å². The molecule has 1 N–H and O–H groups in total. The summed E-state index contributed by atoms with van der Waals surface area (Å²) in [5.41, 5.74) is 5.18. The first kappa shape index (κ1) is 18.7. The predicted octanol–water partition coefficient (Wildman–Crippen LogP) is 5.28. The second-order valence-electron chi connectivity index (χ2n) is 5.42. The molecule has 0 aliphatic heterocycles. The highest BCUT2D eigenvalue weighted by Gasteiger charge is 2.11. The number of aromatic nitrogens is 2. The Morgan fingerprint density at radius 2 is 1.96 bits per heavy atom. The van der Waals surface area contributed by atoms with Crippen LogP contribution in [-0.2, 0) is 13.2 Å². The lowest BCUT2D eigenvalue weighted by atomic mass is 10.1. The van der Waals surface area contributed by atoms with Gasteiger partial charge in [-0.25, -0.2) is 0 Å². The zero-order chi connectivity index (χ0) is 18.2. The van der Waals surface area contributed by atoms with E-state index in [1.807, 2.05) is 69.6 Å². The zero-order valence-corrected chi connectivity index (χ0v) is 15.2. The Balaban J connectivity index is 0.00000109. The molecule has 0 radical (unpaired) electrons. The largest absolute Gasteiger partial charge is 0.392 e. The fourth-order valence-corrected chi connectivity index (χ4v) is 2.96. The number of benzene rings is 1. The van der Waals surface area contributed by atoms with E-state index >= 15 is 0 Å². The summed E-state index contributed by atoms with van der Waals surface area (Å²) < 4.78 is 2.13. The molecule has 130 valence electrons. The van der Waals surface area contributed by atoms with Gasteiger partial charge in [0.25, 0.3) is 0 Å². The lowest BCUT2D eigenvalue weighted by Gasteiger charge is -2.10. The molecule has 0 bridgehead atoms. The maximum atomic E-state index is 9.58. The Hall–Kier alpha value is -2.65. The summed E-state index contributed by atoms with van der Waals surface area (Å²) in [5.74, 6) is 0. The van der Waals surface area contributed by atoms with Crippen LogP contribution in [-0.4, -0.2) is 14.7 Å². The fourth-order valence-electron chi connectivity index (χ4n) is 2.96. The summed E-state index contributed by atoms with van der Waals surface area (Å²) in [7, 11) is 0. The van der Waals surface area contributed by atoms with E-state index in [0.29, 0.717) is 6.54 Å². The van der Waals surface area contributed by atoms with Crippen molar-refractivity contribution >= 4 is 23.1 Å². The molecule has 3 nitrogen and oxygen atoms in total. The summed E-state index contributed by atoms with van der Waals surface area (Å²) >= 11 is 0. The maximum absolute atomic E-state index is 9.58. The molecule has 2 heterocycles. The van der Waals surface area contributed by atoms with Crippen molar-refractivity contribution in [3.8, 4) is 0 Å². The number of aliphatic hydroxyl groups is 1. The Morgan fingerprint density at radius 1 is 1.20 bits per heavy atom. The summed E-state index contributed by atoms with van der Waals surface area (Å²) in [6.45, 7) is 10.6. The summed E-state index contributed by atoms with van der Waals surface area (Å²) in [4.78, 5) is 4.54.